The lowest BCUT2D eigenvalue weighted by molar-refractivity contribution is -0.117. The highest BCUT2D eigenvalue weighted by Gasteiger charge is 2.29. The first-order chi connectivity index (χ1) is 8.41. The van der Waals surface area contributed by atoms with Crippen LogP contribution in [-0.4, -0.2) is 18.3 Å². The number of anilines is 1. The fraction of sp³-hybridized carbons (Fsp3) is 0.533. The molecule has 0 radical (unpaired) electrons. The molecule has 0 saturated carbocycles. The van der Waals surface area contributed by atoms with E-state index in [2.05, 4.69) is 32.9 Å². The normalized spacial score (nSPS) is 20.6. The molecule has 1 atom stereocenters. The number of alkyl halides is 1. The molecule has 1 amide bonds. The van der Waals surface area contributed by atoms with Gasteiger partial charge in [0.2, 0.25) is 5.91 Å². The number of carbonyl (C=O) groups is 1. The lowest BCUT2D eigenvalue weighted by Crippen LogP contribution is -2.24. The number of nitrogens with zero attached hydrogens (tertiary/aromatic N) is 1. The Kier molecular flexibility index (Phi) is 3.67. The molecule has 1 saturated heterocycles. The molecule has 98 valence electrons. The summed E-state index contributed by atoms with van der Waals surface area (Å²) in [5, 5.41) is 0. The van der Waals surface area contributed by atoms with Crippen LogP contribution in [0.1, 0.15) is 32.8 Å². The SMILES string of the molecule is CC(C)(C)c1ccc(N2CC(CCl)CC2=O)cc1. The molecule has 1 unspecified atom stereocenters. The number of rotatable bonds is 2. The van der Waals surface area contributed by atoms with E-state index in [1.54, 1.807) is 0 Å². The summed E-state index contributed by atoms with van der Waals surface area (Å²) >= 11 is 5.83. The number of amides is 1. The van der Waals surface area contributed by atoms with Gasteiger partial charge in [0.1, 0.15) is 0 Å². The molecular weight excluding hydrogens is 246 g/mol. The summed E-state index contributed by atoms with van der Waals surface area (Å²) in [4.78, 5) is 13.7. The first-order valence-corrected chi connectivity index (χ1v) is 6.92. The minimum atomic E-state index is 0.145. The van der Waals surface area contributed by atoms with Crippen LogP contribution >= 0.6 is 11.6 Å². The Hall–Kier alpha value is -1.02. The third-order valence-electron chi connectivity index (χ3n) is 3.47. The first kappa shape index (κ1) is 13.4. The monoisotopic (exact) mass is 265 g/mol. The molecule has 1 heterocycles. The second-order valence-electron chi connectivity index (χ2n) is 6.03. The van der Waals surface area contributed by atoms with Gasteiger partial charge in [-0.05, 0) is 29.0 Å². The van der Waals surface area contributed by atoms with Gasteiger partial charge in [0.15, 0.2) is 0 Å². The van der Waals surface area contributed by atoms with Crippen molar-refractivity contribution in [1.82, 2.24) is 0 Å². The molecule has 1 aliphatic heterocycles. The van der Waals surface area contributed by atoms with E-state index in [-0.39, 0.29) is 11.3 Å². The highest BCUT2D eigenvalue weighted by Crippen LogP contribution is 2.28. The van der Waals surface area contributed by atoms with Crippen molar-refractivity contribution in [3.05, 3.63) is 29.8 Å². The van der Waals surface area contributed by atoms with Gasteiger partial charge in [-0.1, -0.05) is 32.9 Å². The van der Waals surface area contributed by atoms with Crippen molar-refractivity contribution in [1.29, 1.82) is 0 Å². The van der Waals surface area contributed by atoms with Crippen molar-refractivity contribution < 1.29 is 4.79 Å². The molecule has 0 spiro atoms. The van der Waals surface area contributed by atoms with Crippen molar-refractivity contribution in [2.75, 3.05) is 17.3 Å². The second kappa shape index (κ2) is 4.93. The van der Waals surface area contributed by atoms with Gasteiger partial charge in [-0.2, -0.15) is 0 Å². The van der Waals surface area contributed by atoms with E-state index < -0.39 is 0 Å². The highest BCUT2D eigenvalue weighted by molar-refractivity contribution is 6.18. The molecular formula is C15H20ClNO. The fourth-order valence-corrected chi connectivity index (χ4v) is 2.48. The maximum Gasteiger partial charge on any atom is 0.227 e. The van der Waals surface area contributed by atoms with Gasteiger partial charge >= 0.3 is 0 Å². The van der Waals surface area contributed by atoms with Crippen LogP contribution in [0.2, 0.25) is 0 Å². The zero-order valence-corrected chi connectivity index (χ0v) is 12.0. The lowest BCUT2D eigenvalue weighted by atomic mass is 9.87. The Morgan fingerprint density at radius 1 is 1.28 bits per heavy atom. The third kappa shape index (κ3) is 2.69. The van der Waals surface area contributed by atoms with Gasteiger partial charge in [-0.3, -0.25) is 4.79 Å². The minimum absolute atomic E-state index is 0.145. The van der Waals surface area contributed by atoms with Crippen LogP contribution in [0.3, 0.4) is 0 Å². The zero-order valence-electron chi connectivity index (χ0n) is 11.2. The molecule has 0 aliphatic carbocycles. The van der Waals surface area contributed by atoms with Crippen molar-refractivity contribution >= 4 is 23.2 Å². The summed E-state index contributed by atoms with van der Waals surface area (Å²) in [6.45, 7) is 7.31. The van der Waals surface area contributed by atoms with Crippen LogP contribution in [-0.2, 0) is 10.2 Å². The molecule has 1 aromatic rings. The molecule has 2 rings (SSSR count). The number of benzene rings is 1. The van der Waals surface area contributed by atoms with Gasteiger partial charge in [-0.25, -0.2) is 0 Å². The number of carbonyl (C=O) groups excluding carboxylic acids is 1. The van der Waals surface area contributed by atoms with Crippen LogP contribution in [0.5, 0.6) is 0 Å². The maximum atomic E-state index is 11.9. The van der Waals surface area contributed by atoms with Crippen LogP contribution in [0.25, 0.3) is 0 Å². The van der Waals surface area contributed by atoms with E-state index >= 15 is 0 Å². The standard InChI is InChI=1S/C15H20ClNO/c1-15(2,3)12-4-6-13(7-5-12)17-10-11(9-16)8-14(17)18/h4-7,11H,8-10H2,1-3H3. The summed E-state index contributed by atoms with van der Waals surface area (Å²) in [5.74, 6) is 1.04. The molecule has 1 aromatic carbocycles. The minimum Gasteiger partial charge on any atom is -0.312 e. The smallest absolute Gasteiger partial charge is 0.227 e. The predicted molar refractivity (Wildman–Crippen MR) is 76.3 cm³/mol. The Balaban J connectivity index is 2.18. The van der Waals surface area contributed by atoms with E-state index in [1.807, 2.05) is 17.0 Å². The van der Waals surface area contributed by atoms with Crippen LogP contribution in [0, 0.1) is 5.92 Å². The van der Waals surface area contributed by atoms with Gasteiger partial charge in [0, 0.05) is 24.5 Å². The summed E-state index contributed by atoms with van der Waals surface area (Å²) in [6.07, 6.45) is 0.574. The Morgan fingerprint density at radius 2 is 1.89 bits per heavy atom. The predicted octanol–water partition coefficient (Wildman–Crippen LogP) is 3.58. The molecule has 18 heavy (non-hydrogen) atoms. The Morgan fingerprint density at radius 3 is 2.33 bits per heavy atom. The van der Waals surface area contributed by atoms with Crippen molar-refractivity contribution in [2.45, 2.75) is 32.6 Å². The van der Waals surface area contributed by atoms with Crippen LogP contribution in [0.4, 0.5) is 5.69 Å². The first-order valence-electron chi connectivity index (χ1n) is 6.38. The molecule has 2 nitrogen and oxygen atoms in total. The van der Waals surface area contributed by atoms with Crippen molar-refractivity contribution in [3.63, 3.8) is 0 Å². The average Bonchev–Trinajstić information content (AvgIpc) is 2.70. The fourth-order valence-electron chi connectivity index (χ4n) is 2.28. The van der Waals surface area contributed by atoms with Crippen LogP contribution in [0.15, 0.2) is 24.3 Å². The Bertz CT molecular complexity index is 433. The van der Waals surface area contributed by atoms with E-state index in [9.17, 15) is 4.79 Å². The number of hydrogen-bond acceptors (Lipinski definition) is 1. The molecule has 0 bridgehead atoms. The Labute approximate surface area is 114 Å². The maximum absolute atomic E-state index is 11.9. The molecule has 1 fully saturated rings. The number of hydrogen-bond donors (Lipinski definition) is 0. The van der Waals surface area contributed by atoms with E-state index in [4.69, 9.17) is 11.6 Å². The van der Waals surface area contributed by atoms with E-state index in [0.29, 0.717) is 18.2 Å². The summed E-state index contributed by atoms with van der Waals surface area (Å²) in [5.41, 5.74) is 2.42. The van der Waals surface area contributed by atoms with Crippen molar-refractivity contribution in [3.8, 4) is 0 Å². The third-order valence-corrected chi connectivity index (χ3v) is 3.90. The van der Waals surface area contributed by atoms with Gasteiger partial charge in [0.05, 0.1) is 0 Å². The molecule has 0 N–H and O–H groups in total. The molecule has 1 aliphatic rings. The summed E-state index contributed by atoms with van der Waals surface area (Å²) in [7, 11) is 0. The van der Waals surface area contributed by atoms with Crippen LogP contribution < -0.4 is 4.90 Å². The van der Waals surface area contributed by atoms with Gasteiger partial charge < -0.3 is 4.90 Å². The van der Waals surface area contributed by atoms with Gasteiger partial charge in [-0.15, -0.1) is 11.6 Å². The summed E-state index contributed by atoms with van der Waals surface area (Å²) < 4.78 is 0. The molecule has 0 aromatic heterocycles. The lowest BCUT2D eigenvalue weighted by Gasteiger charge is -2.21. The average molecular weight is 266 g/mol. The highest BCUT2D eigenvalue weighted by atomic mass is 35.5. The topological polar surface area (TPSA) is 20.3 Å². The van der Waals surface area contributed by atoms with E-state index in [1.165, 1.54) is 5.56 Å². The van der Waals surface area contributed by atoms with Gasteiger partial charge in [0.25, 0.3) is 0 Å². The quantitative estimate of drug-likeness (QED) is 0.749. The number of halogens is 1. The van der Waals surface area contributed by atoms with E-state index in [0.717, 1.165) is 12.2 Å². The van der Waals surface area contributed by atoms with Crippen molar-refractivity contribution in [2.24, 2.45) is 5.92 Å². The second-order valence-corrected chi connectivity index (χ2v) is 6.33. The summed E-state index contributed by atoms with van der Waals surface area (Å²) in [6, 6.07) is 8.29. The zero-order chi connectivity index (χ0) is 13.3. The largest absolute Gasteiger partial charge is 0.312 e. The molecule has 3 heteroatoms.